The third kappa shape index (κ3) is 2.72. The van der Waals surface area contributed by atoms with Crippen molar-refractivity contribution in [1.82, 2.24) is 0 Å². The van der Waals surface area contributed by atoms with E-state index in [9.17, 15) is 0 Å². The van der Waals surface area contributed by atoms with E-state index in [-0.39, 0.29) is 0 Å². The van der Waals surface area contributed by atoms with Crippen LogP contribution in [0.25, 0.3) is 0 Å². The van der Waals surface area contributed by atoms with Gasteiger partial charge in [-0.1, -0.05) is 30.5 Å². The molecule has 2 nitrogen and oxygen atoms in total. The predicted octanol–water partition coefficient (Wildman–Crippen LogP) is 3.52. The molecule has 0 amide bonds. The van der Waals surface area contributed by atoms with Gasteiger partial charge in [-0.2, -0.15) is 0 Å². The minimum atomic E-state index is 0.476. The van der Waals surface area contributed by atoms with E-state index in [2.05, 4.69) is 4.99 Å². The summed E-state index contributed by atoms with van der Waals surface area (Å²) in [5.74, 6) is 1.23. The van der Waals surface area contributed by atoms with Gasteiger partial charge in [-0.3, -0.25) is 0 Å². The fourth-order valence-corrected chi connectivity index (χ4v) is 2.19. The molecule has 0 aliphatic heterocycles. The maximum atomic E-state index is 5.97. The SMILES string of the molecule is NC(=Nc1cccc(Cl)c1)C1CCCC1. The lowest BCUT2D eigenvalue weighted by molar-refractivity contribution is 0.722. The van der Waals surface area contributed by atoms with Crippen LogP contribution in [0.1, 0.15) is 25.7 Å². The van der Waals surface area contributed by atoms with Crippen LogP contribution in [0.3, 0.4) is 0 Å². The first kappa shape index (κ1) is 10.5. The Balaban J connectivity index is 2.14. The summed E-state index contributed by atoms with van der Waals surface area (Å²) in [5, 5.41) is 0.704. The third-order valence-electron chi connectivity index (χ3n) is 2.84. The lowest BCUT2D eigenvalue weighted by Crippen LogP contribution is -2.20. The van der Waals surface area contributed by atoms with E-state index in [1.54, 1.807) is 0 Å². The Bertz CT molecular complexity index is 368. The maximum absolute atomic E-state index is 5.97. The fraction of sp³-hybridized carbons (Fsp3) is 0.417. The van der Waals surface area contributed by atoms with Crippen molar-refractivity contribution in [3.05, 3.63) is 29.3 Å². The molecular weight excluding hydrogens is 208 g/mol. The lowest BCUT2D eigenvalue weighted by atomic mass is 10.1. The van der Waals surface area contributed by atoms with Crippen molar-refractivity contribution in [2.24, 2.45) is 16.6 Å². The molecule has 15 heavy (non-hydrogen) atoms. The Morgan fingerprint density at radius 2 is 2.07 bits per heavy atom. The summed E-state index contributed by atoms with van der Waals surface area (Å²) < 4.78 is 0. The van der Waals surface area contributed by atoms with Crippen molar-refractivity contribution >= 4 is 23.1 Å². The van der Waals surface area contributed by atoms with Crippen molar-refractivity contribution in [3.63, 3.8) is 0 Å². The summed E-state index contributed by atoms with van der Waals surface area (Å²) in [7, 11) is 0. The molecule has 0 aromatic heterocycles. The van der Waals surface area contributed by atoms with E-state index in [4.69, 9.17) is 17.3 Å². The number of hydrogen-bond acceptors (Lipinski definition) is 1. The number of nitrogens with two attached hydrogens (primary N) is 1. The van der Waals surface area contributed by atoms with Gasteiger partial charge < -0.3 is 5.73 Å². The average Bonchev–Trinajstić information content (AvgIpc) is 2.70. The molecule has 0 bridgehead atoms. The second kappa shape index (κ2) is 4.67. The first-order valence-electron chi connectivity index (χ1n) is 5.35. The molecule has 0 radical (unpaired) electrons. The number of aliphatic imine (C=N–C) groups is 1. The minimum Gasteiger partial charge on any atom is -0.387 e. The van der Waals surface area contributed by atoms with Crippen molar-refractivity contribution in [2.75, 3.05) is 0 Å². The summed E-state index contributed by atoms with van der Waals surface area (Å²) in [4.78, 5) is 4.41. The maximum Gasteiger partial charge on any atom is 0.103 e. The summed E-state index contributed by atoms with van der Waals surface area (Å²) in [5.41, 5.74) is 6.82. The van der Waals surface area contributed by atoms with Crippen LogP contribution >= 0.6 is 11.6 Å². The number of benzene rings is 1. The summed E-state index contributed by atoms with van der Waals surface area (Å²) in [6.07, 6.45) is 4.90. The number of halogens is 1. The van der Waals surface area contributed by atoms with Crippen LogP contribution in [0, 0.1) is 5.92 Å². The van der Waals surface area contributed by atoms with E-state index in [1.165, 1.54) is 25.7 Å². The first-order chi connectivity index (χ1) is 7.25. The van der Waals surface area contributed by atoms with Gasteiger partial charge in [0.05, 0.1) is 5.69 Å². The van der Waals surface area contributed by atoms with Crippen LogP contribution in [0.4, 0.5) is 5.69 Å². The van der Waals surface area contributed by atoms with Crippen LogP contribution < -0.4 is 5.73 Å². The van der Waals surface area contributed by atoms with E-state index in [0.29, 0.717) is 10.9 Å². The topological polar surface area (TPSA) is 38.4 Å². The van der Waals surface area contributed by atoms with Crippen molar-refractivity contribution in [2.45, 2.75) is 25.7 Å². The summed E-state index contributed by atoms with van der Waals surface area (Å²) in [6, 6.07) is 7.49. The van der Waals surface area contributed by atoms with Gasteiger partial charge in [0.25, 0.3) is 0 Å². The Hall–Kier alpha value is -1.02. The van der Waals surface area contributed by atoms with Crippen molar-refractivity contribution in [1.29, 1.82) is 0 Å². The van der Waals surface area contributed by atoms with Crippen LogP contribution in [-0.4, -0.2) is 5.84 Å². The molecule has 1 fully saturated rings. The van der Waals surface area contributed by atoms with Crippen LogP contribution in [-0.2, 0) is 0 Å². The van der Waals surface area contributed by atoms with E-state index < -0.39 is 0 Å². The number of nitrogens with zero attached hydrogens (tertiary/aromatic N) is 1. The molecule has 1 aliphatic rings. The van der Waals surface area contributed by atoms with Crippen LogP contribution in [0.2, 0.25) is 5.02 Å². The largest absolute Gasteiger partial charge is 0.387 e. The number of hydrogen-bond donors (Lipinski definition) is 1. The Morgan fingerprint density at radius 3 is 2.73 bits per heavy atom. The van der Waals surface area contributed by atoms with Gasteiger partial charge in [-0.25, -0.2) is 4.99 Å². The summed E-state index contributed by atoms with van der Waals surface area (Å²) >= 11 is 5.88. The molecule has 80 valence electrons. The zero-order valence-electron chi connectivity index (χ0n) is 8.62. The van der Waals surface area contributed by atoms with E-state index in [1.807, 2.05) is 24.3 Å². The molecule has 0 spiro atoms. The van der Waals surface area contributed by atoms with Gasteiger partial charge in [0.1, 0.15) is 5.84 Å². The molecule has 0 saturated heterocycles. The number of rotatable bonds is 2. The molecule has 0 unspecified atom stereocenters. The highest BCUT2D eigenvalue weighted by atomic mass is 35.5. The quantitative estimate of drug-likeness (QED) is 0.604. The molecule has 0 atom stereocenters. The zero-order chi connectivity index (χ0) is 10.7. The highest BCUT2D eigenvalue weighted by Gasteiger charge is 2.18. The molecule has 3 heteroatoms. The molecule has 1 aliphatic carbocycles. The molecule has 1 saturated carbocycles. The second-order valence-corrected chi connectivity index (χ2v) is 4.43. The van der Waals surface area contributed by atoms with Gasteiger partial charge in [0.2, 0.25) is 0 Å². The predicted molar refractivity (Wildman–Crippen MR) is 64.7 cm³/mol. The molecule has 0 heterocycles. The molecule has 1 aromatic rings. The normalized spacial score (nSPS) is 18.3. The van der Waals surface area contributed by atoms with Crippen LogP contribution in [0.15, 0.2) is 29.3 Å². The fourth-order valence-electron chi connectivity index (χ4n) is 2.01. The van der Waals surface area contributed by atoms with Crippen LogP contribution in [0.5, 0.6) is 0 Å². The van der Waals surface area contributed by atoms with Gasteiger partial charge in [-0.05, 0) is 31.0 Å². The van der Waals surface area contributed by atoms with Gasteiger partial charge in [0, 0.05) is 10.9 Å². The Kier molecular flexibility index (Phi) is 3.27. The first-order valence-corrected chi connectivity index (χ1v) is 5.73. The highest BCUT2D eigenvalue weighted by molar-refractivity contribution is 6.30. The van der Waals surface area contributed by atoms with Gasteiger partial charge in [0.15, 0.2) is 0 Å². The van der Waals surface area contributed by atoms with E-state index >= 15 is 0 Å². The standard InChI is InChI=1S/C12H15ClN2/c13-10-6-3-7-11(8-10)15-12(14)9-4-1-2-5-9/h3,6-9H,1-2,4-5H2,(H2,14,15). The summed E-state index contributed by atoms with van der Waals surface area (Å²) in [6.45, 7) is 0. The zero-order valence-corrected chi connectivity index (χ0v) is 9.37. The second-order valence-electron chi connectivity index (χ2n) is 4.00. The van der Waals surface area contributed by atoms with Crippen molar-refractivity contribution < 1.29 is 0 Å². The molecule has 2 N–H and O–H groups in total. The minimum absolute atomic E-state index is 0.476. The van der Waals surface area contributed by atoms with Crippen molar-refractivity contribution in [3.8, 4) is 0 Å². The Morgan fingerprint density at radius 1 is 1.33 bits per heavy atom. The number of amidine groups is 1. The third-order valence-corrected chi connectivity index (χ3v) is 3.07. The molecule has 2 rings (SSSR count). The Labute approximate surface area is 95.2 Å². The monoisotopic (exact) mass is 222 g/mol. The molecule has 1 aromatic carbocycles. The lowest BCUT2D eigenvalue weighted by Gasteiger charge is -2.07. The van der Waals surface area contributed by atoms with E-state index in [0.717, 1.165) is 11.5 Å². The molecular formula is C12H15ClN2. The van der Waals surface area contributed by atoms with Gasteiger partial charge >= 0.3 is 0 Å². The smallest absolute Gasteiger partial charge is 0.103 e. The van der Waals surface area contributed by atoms with Gasteiger partial charge in [-0.15, -0.1) is 0 Å². The average molecular weight is 223 g/mol. The highest BCUT2D eigenvalue weighted by Crippen LogP contribution is 2.26.